The van der Waals surface area contributed by atoms with Gasteiger partial charge in [-0.15, -0.1) is 0 Å². The SMILES string of the molecule is O=C1c2c(O)c(=O)ccn2C(c2ccccc2)CN1Cc1ccc(Cl)c(Cl)c1. The minimum absolute atomic E-state index is 0.00679. The summed E-state index contributed by atoms with van der Waals surface area (Å²) in [5.74, 6) is -0.944. The number of carbonyl (C=O) groups excluding carboxylic acids is 1. The number of amides is 1. The van der Waals surface area contributed by atoms with E-state index >= 15 is 0 Å². The molecule has 1 N–H and O–H groups in total. The van der Waals surface area contributed by atoms with Crippen LogP contribution in [0.5, 0.6) is 5.75 Å². The molecule has 0 radical (unpaired) electrons. The molecule has 0 fully saturated rings. The van der Waals surface area contributed by atoms with Gasteiger partial charge in [-0.25, -0.2) is 0 Å². The van der Waals surface area contributed by atoms with Crippen LogP contribution >= 0.6 is 23.2 Å². The molecule has 4 rings (SSSR count). The summed E-state index contributed by atoms with van der Waals surface area (Å²) in [6, 6.07) is 15.9. The van der Waals surface area contributed by atoms with E-state index in [0.717, 1.165) is 11.1 Å². The summed E-state index contributed by atoms with van der Waals surface area (Å²) in [4.78, 5) is 26.6. The number of rotatable bonds is 3. The van der Waals surface area contributed by atoms with E-state index in [-0.39, 0.29) is 18.3 Å². The van der Waals surface area contributed by atoms with Crippen LogP contribution in [0, 0.1) is 0 Å². The topological polar surface area (TPSA) is 62.5 Å². The first-order chi connectivity index (χ1) is 13.5. The van der Waals surface area contributed by atoms with Crippen molar-refractivity contribution in [3.05, 3.63) is 97.9 Å². The molecule has 3 aromatic rings. The van der Waals surface area contributed by atoms with Crippen LogP contribution in [0.4, 0.5) is 0 Å². The molecule has 0 bridgehead atoms. The summed E-state index contributed by atoms with van der Waals surface area (Å²) < 4.78 is 1.67. The van der Waals surface area contributed by atoms with E-state index in [2.05, 4.69) is 0 Å². The molecule has 7 heteroatoms. The number of fused-ring (bicyclic) bond motifs is 1. The molecule has 5 nitrogen and oxygen atoms in total. The van der Waals surface area contributed by atoms with Crippen LogP contribution in [0.3, 0.4) is 0 Å². The highest BCUT2D eigenvalue weighted by Gasteiger charge is 2.34. The minimum atomic E-state index is -0.581. The number of hydrogen-bond donors (Lipinski definition) is 1. The fourth-order valence-corrected chi connectivity index (χ4v) is 3.80. The van der Waals surface area contributed by atoms with E-state index in [1.165, 1.54) is 6.07 Å². The number of pyridine rings is 1. The molecule has 1 amide bonds. The van der Waals surface area contributed by atoms with Crippen LogP contribution in [0.25, 0.3) is 0 Å². The van der Waals surface area contributed by atoms with Crippen LogP contribution in [0.2, 0.25) is 10.0 Å². The number of aromatic nitrogens is 1. The second-order valence-corrected chi connectivity index (χ2v) is 7.46. The smallest absolute Gasteiger partial charge is 0.274 e. The van der Waals surface area contributed by atoms with Crippen molar-refractivity contribution in [1.29, 1.82) is 0 Å². The third-order valence-corrected chi connectivity index (χ3v) is 5.60. The highest BCUT2D eigenvalue weighted by atomic mass is 35.5. The van der Waals surface area contributed by atoms with Crippen molar-refractivity contribution in [2.75, 3.05) is 6.54 Å². The maximum Gasteiger partial charge on any atom is 0.274 e. The molecule has 1 aliphatic heterocycles. The zero-order valence-corrected chi connectivity index (χ0v) is 16.2. The summed E-state index contributed by atoms with van der Waals surface area (Å²) >= 11 is 12.1. The van der Waals surface area contributed by atoms with E-state index in [9.17, 15) is 14.7 Å². The van der Waals surface area contributed by atoms with Crippen molar-refractivity contribution in [3.63, 3.8) is 0 Å². The molecule has 0 aliphatic carbocycles. The predicted octanol–water partition coefficient (Wildman–Crippen LogP) is 4.11. The summed E-state index contributed by atoms with van der Waals surface area (Å²) in [7, 11) is 0. The second-order valence-electron chi connectivity index (χ2n) is 6.65. The Bertz CT molecular complexity index is 1110. The average molecular weight is 415 g/mol. The first kappa shape index (κ1) is 18.6. The highest BCUT2D eigenvalue weighted by Crippen LogP contribution is 2.31. The van der Waals surface area contributed by atoms with E-state index < -0.39 is 17.1 Å². The maximum absolute atomic E-state index is 13.1. The van der Waals surface area contributed by atoms with Gasteiger partial charge < -0.3 is 14.6 Å². The molecule has 2 aromatic carbocycles. The number of halogens is 2. The lowest BCUT2D eigenvalue weighted by molar-refractivity contribution is 0.0662. The third-order valence-electron chi connectivity index (χ3n) is 4.86. The van der Waals surface area contributed by atoms with Gasteiger partial charge in [-0.1, -0.05) is 59.6 Å². The molecular formula is C21H16Cl2N2O3. The van der Waals surface area contributed by atoms with E-state index in [1.54, 1.807) is 33.9 Å². The van der Waals surface area contributed by atoms with Crippen LogP contribution < -0.4 is 5.43 Å². The van der Waals surface area contributed by atoms with Crippen molar-refractivity contribution in [2.45, 2.75) is 12.6 Å². The molecule has 0 saturated heterocycles. The van der Waals surface area contributed by atoms with Crippen molar-refractivity contribution in [2.24, 2.45) is 0 Å². The van der Waals surface area contributed by atoms with Gasteiger partial charge in [0.15, 0.2) is 11.4 Å². The molecular weight excluding hydrogens is 399 g/mol. The van der Waals surface area contributed by atoms with E-state index in [0.29, 0.717) is 16.6 Å². The molecule has 1 atom stereocenters. The lowest BCUT2D eigenvalue weighted by Gasteiger charge is -2.36. The van der Waals surface area contributed by atoms with Gasteiger partial charge in [-0.05, 0) is 23.3 Å². The van der Waals surface area contributed by atoms with Crippen LogP contribution in [0.15, 0.2) is 65.6 Å². The maximum atomic E-state index is 13.1. The highest BCUT2D eigenvalue weighted by molar-refractivity contribution is 6.42. The normalized spacial score (nSPS) is 16.1. The monoisotopic (exact) mass is 414 g/mol. The summed E-state index contributed by atoms with van der Waals surface area (Å²) in [5.41, 5.74) is 1.19. The molecule has 0 saturated carbocycles. The molecule has 142 valence electrons. The van der Waals surface area contributed by atoms with Crippen molar-refractivity contribution >= 4 is 29.1 Å². The minimum Gasteiger partial charge on any atom is -0.503 e. The zero-order chi connectivity index (χ0) is 19.8. The van der Waals surface area contributed by atoms with Crippen molar-refractivity contribution in [1.82, 2.24) is 9.47 Å². The van der Waals surface area contributed by atoms with E-state index in [1.807, 2.05) is 30.3 Å². The zero-order valence-electron chi connectivity index (χ0n) is 14.7. The fourth-order valence-electron chi connectivity index (χ4n) is 3.48. The Morgan fingerprint density at radius 1 is 1.00 bits per heavy atom. The lowest BCUT2D eigenvalue weighted by Crippen LogP contribution is -2.44. The summed E-state index contributed by atoms with van der Waals surface area (Å²) in [6.07, 6.45) is 1.56. The molecule has 0 spiro atoms. The molecule has 1 aliphatic rings. The number of benzene rings is 2. The molecule has 28 heavy (non-hydrogen) atoms. The molecule has 1 aromatic heterocycles. The van der Waals surface area contributed by atoms with Gasteiger partial charge in [0, 0.05) is 25.4 Å². The van der Waals surface area contributed by atoms with Gasteiger partial charge >= 0.3 is 0 Å². The Kier molecular flexibility index (Phi) is 4.87. The Balaban J connectivity index is 1.79. The number of aromatic hydroxyl groups is 1. The van der Waals surface area contributed by atoms with Gasteiger partial charge in [0.25, 0.3) is 5.91 Å². The van der Waals surface area contributed by atoms with Gasteiger partial charge in [-0.3, -0.25) is 9.59 Å². The summed E-state index contributed by atoms with van der Waals surface area (Å²) in [6.45, 7) is 0.667. The second kappa shape index (κ2) is 7.34. The Morgan fingerprint density at radius 2 is 1.75 bits per heavy atom. The van der Waals surface area contributed by atoms with Gasteiger partial charge in [0.1, 0.15) is 0 Å². The standard InChI is InChI=1S/C21H16Cl2N2O3/c22-15-7-6-13(10-16(15)23)11-24-12-17(14-4-2-1-3-5-14)25-9-8-18(26)20(27)19(25)21(24)28/h1-10,17,27H,11-12H2. The first-order valence-corrected chi connectivity index (χ1v) is 9.43. The van der Waals surface area contributed by atoms with E-state index in [4.69, 9.17) is 23.2 Å². The Hall–Kier alpha value is -2.76. The number of hydrogen-bond acceptors (Lipinski definition) is 3. The van der Waals surface area contributed by atoms with Crippen molar-refractivity contribution in [3.8, 4) is 5.75 Å². The number of nitrogens with zero attached hydrogens (tertiary/aromatic N) is 2. The van der Waals surface area contributed by atoms with Crippen LogP contribution in [-0.4, -0.2) is 27.0 Å². The van der Waals surface area contributed by atoms with Gasteiger partial charge in [-0.2, -0.15) is 0 Å². The molecule has 1 unspecified atom stereocenters. The third kappa shape index (κ3) is 3.28. The first-order valence-electron chi connectivity index (χ1n) is 8.68. The Labute approximate surface area is 171 Å². The average Bonchev–Trinajstić information content (AvgIpc) is 2.70. The quantitative estimate of drug-likeness (QED) is 0.701. The molecule has 2 heterocycles. The van der Waals surface area contributed by atoms with Gasteiger partial charge in [0.05, 0.1) is 16.1 Å². The number of carbonyl (C=O) groups is 1. The van der Waals surface area contributed by atoms with Gasteiger partial charge in [0.2, 0.25) is 5.43 Å². The largest absolute Gasteiger partial charge is 0.503 e. The van der Waals surface area contributed by atoms with Crippen molar-refractivity contribution < 1.29 is 9.90 Å². The van der Waals surface area contributed by atoms with Crippen LogP contribution in [-0.2, 0) is 6.54 Å². The summed E-state index contributed by atoms with van der Waals surface area (Å²) in [5, 5.41) is 11.2. The van der Waals surface area contributed by atoms with Crippen LogP contribution in [0.1, 0.15) is 27.7 Å². The predicted molar refractivity (Wildman–Crippen MR) is 108 cm³/mol. The fraction of sp³-hybridized carbons (Fsp3) is 0.143. The Morgan fingerprint density at radius 3 is 2.46 bits per heavy atom. The lowest BCUT2D eigenvalue weighted by atomic mass is 10.0.